The van der Waals surface area contributed by atoms with Crippen LogP contribution in [-0.4, -0.2) is 31.2 Å². The number of benzene rings is 1. The second kappa shape index (κ2) is 7.02. The second-order valence-electron chi connectivity index (χ2n) is 4.90. The number of nitrogens with one attached hydrogen (secondary N) is 2. The molecule has 2 heterocycles. The number of hydrogen-bond donors (Lipinski definition) is 3. The fraction of sp³-hybridized carbons (Fsp3) is 0.200. The predicted octanol–water partition coefficient (Wildman–Crippen LogP) is 2.59. The van der Waals surface area contributed by atoms with Gasteiger partial charge >= 0.3 is 0 Å². The van der Waals surface area contributed by atoms with E-state index >= 15 is 0 Å². The van der Waals surface area contributed by atoms with Crippen molar-refractivity contribution in [2.24, 2.45) is 0 Å². The first kappa shape index (κ1) is 16.5. The summed E-state index contributed by atoms with van der Waals surface area (Å²) in [4.78, 5) is 34.5. The summed E-state index contributed by atoms with van der Waals surface area (Å²) in [6, 6.07) is 8.61. The minimum absolute atomic E-state index is 0.200. The summed E-state index contributed by atoms with van der Waals surface area (Å²) in [5.74, 6) is -0.602. The van der Waals surface area contributed by atoms with Crippen LogP contribution in [0.3, 0.4) is 0 Å². The van der Waals surface area contributed by atoms with Gasteiger partial charge in [0.1, 0.15) is 0 Å². The fourth-order valence-electron chi connectivity index (χ4n) is 2.05. The van der Waals surface area contributed by atoms with Crippen LogP contribution in [-0.2, 0) is 4.79 Å². The zero-order valence-electron chi connectivity index (χ0n) is 12.6. The highest BCUT2D eigenvalue weighted by molar-refractivity contribution is 8.00. The lowest BCUT2D eigenvalue weighted by atomic mass is 10.3. The van der Waals surface area contributed by atoms with Gasteiger partial charge in [-0.05, 0) is 18.6 Å². The molecule has 3 rings (SSSR count). The zero-order valence-corrected chi connectivity index (χ0v) is 14.3. The van der Waals surface area contributed by atoms with Crippen LogP contribution in [0.2, 0.25) is 0 Å². The molecule has 0 radical (unpaired) electrons. The smallest absolute Gasteiger partial charge is 0.255 e. The van der Waals surface area contributed by atoms with Crippen LogP contribution in [0, 0.1) is 0 Å². The average Bonchev–Trinajstić information content (AvgIpc) is 2.93. The number of amides is 1. The molecule has 0 saturated carbocycles. The van der Waals surface area contributed by atoms with Crippen molar-refractivity contribution in [3.05, 3.63) is 40.7 Å². The molecule has 1 amide bonds. The number of fused-ring (bicyclic) bond motifs is 1. The van der Waals surface area contributed by atoms with Gasteiger partial charge in [0.05, 0.1) is 21.5 Å². The van der Waals surface area contributed by atoms with Crippen LogP contribution in [0.1, 0.15) is 13.3 Å². The van der Waals surface area contributed by atoms with Gasteiger partial charge in [-0.3, -0.25) is 9.59 Å². The van der Waals surface area contributed by atoms with Gasteiger partial charge < -0.3 is 15.4 Å². The molecule has 0 saturated heterocycles. The number of anilines is 1. The monoisotopic (exact) mass is 362 g/mol. The molecule has 9 heteroatoms. The number of H-pyrrole nitrogens is 1. The highest BCUT2D eigenvalue weighted by atomic mass is 32.2. The molecule has 3 N–H and O–H groups in total. The Morgan fingerprint density at radius 1 is 1.42 bits per heavy atom. The Hall–Kier alpha value is -2.39. The van der Waals surface area contributed by atoms with Gasteiger partial charge in [0.25, 0.3) is 5.56 Å². The quantitative estimate of drug-likeness (QED) is 0.476. The Bertz CT molecular complexity index is 905. The highest BCUT2D eigenvalue weighted by Crippen LogP contribution is 2.28. The summed E-state index contributed by atoms with van der Waals surface area (Å²) < 4.78 is 0.993. The molecule has 1 atom stereocenters. The molecular weight excluding hydrogens is 348 g/mol. The van der Waals surface area contributed by atoms with Crippen LogP contribution >= 0.6 is 23.1 Å². The van der Waals surface area contributed by atoms with Gasteiger partial charge in [0.15, 0.2) is 10.3 Å². The van der Waals surface area contributed by atoms with Crippen LogP contribution in [0.4, 0.5) is 5.13 Å². The second-order valence-corrected chi connectivity index (χ2v) is 7.12. The van der Waals surface area contributed by atoms with E-state index < -0.39 is 10.8 Å². The molecule has 0 aliphatic heterocycles. The fourth-order valence-corrected chi connectivity index (χ4v) is 3.82. The number of hydrogen-bond acceptors (Lipinski definition) is 7. The van der Waals surface area contributed by atoms with E-state index in [1.54, 1.807) is 0 Å². The maximum atomic E-state index is 12.4. The van der Waals surface area contributed by atoms with Crippen molar-refractivity contribution in [3.8, 4) is 5.88 Å². The molecular formula is C15H14N4O3S2. The first-order valence-corrected chi connectivity index (χ1v) is 8.88. The molecule has 0 aliphatic carbocycles. The van der Waals surface area contributed by atoms with Crippen molar-refractivity contribution in [3.63, 3.8) is 0 Å². The number of nitrogens with zero attached hydrogens (tertiary/aromatic N) is 2. The molecule has 1 unspecified atom stereocenters. The minimum Gasteiger partial charge on any atom is -0.493 e. The summed E-state index contributed by atoms with van der Waals surface area (Å²) in [6.45, 7) is 1.86. The molecule has 0 aliphatic rings. The molecule has 124 valence electrons. The molecule has 7 nitrogen and oxygen atoms in total. The predicted molar refractivity (Wildman–Crippen MR) is 94.7 cm³/mol. The molecule has 3 aromatic rings. The van der Waals surface area contributed by atoms with Gasteiger partial charge in [-0.1, -0.05) is 42.2 Å². The van der Waals surface area contributed by atoms with Crippen LogP contribution in [0.15, 0.2) is 40.3 Å². The van der Waals surface area contributed by atoms with Gasteiger partial charge in [0.2, 0.25) is 11.8 Å². The maximum Gasteiger partial charge on any atom is 0.255 e. The summed E-state index contributed by atoms with van der Waals surface area (Å²) >= 11 is 2.49. The third-order valence-corrected chi connectivity index (χ3v) is 5.35. The van der Waals surface area contributed by atoms with Gasteiger partial charge in [0, 0.05) is 0 Å². The van der Waals surface area contributed by atoms with Crippen molar-refractivity contribution in [1.29, 1.82) is 0 Å². The number of carbonyl (C=O) groups excluding carboxylic acids is 1. The van der Waals surface area contributed by atoms with Crippen molar-refractivity contribution < 1.29 is 9.90 Å². The van der Waals surface area contributed by atoms with E-state index in [2.05, 4.69) is 20.3 Å². The number of thioether (sulfide) groups is 1. The number of rotatable bonds is 5. The number of carbonyl (C=O) groups is 1. The lowest BCUT2D eigenvalue weighted by Gasteiger charge is -2.12. The first-order valence-electron chi connectivity index (χ1n) is 7.18. The van der Waals surface area contributed by atoms with Crippen molar-refractivity contribution in [2.45, 2.75) is 23.8 Å². The molecule has 1 aromatic carbocycles. The Kier molecular flexibility index (Phi) is 4.81. The lowest BCUT2D eigenvalue weighted by molar-refractivity contribution is -0.115. The van der Waals surface area contributed by atoms with Crippen molar-refractivity contribution in [1.82, 2.24) is 15.0 Å². The highest BCUT2D eigenvalue weighted by Gasteiger charge is 2.21. The topological polar surface area (TPSA) is 108 Å². The number of aromatic amines is 1. The lowest BCUT2D eigenvalue weighted by Crippen LogP contribution is -2.25. The molecule has 0 fully saturated rings. The van der Waals surface area contributed by atoms with E-state index in [9.17, 15) is 14.7 Å². The summed E-state index contributed by atoms with van der Waals surface area (Å²) in [5.41, 5.74) is 0.365. The molecule has 2 aromatic heterocycles. The van der Waals surface area contributed by atoms with Crippen LogP contribution < -0.4 is 10.9 Å². The van der Waals surface area contributed by atoms with Crippen molar-refractivity contribution in [2.75, 3.05) is 5.32 Å². The standard InChI is InChI=1S/C15H14N4O3S2/c1-2-9(23-15-17-11(20)7-12(21)18-15)13(22)19-14-16-8-5-3-4-6-10(8)24-14/h3-7,9H,2H2,1H3,(H,16,19,22)(H2,17,18,20,21). The number of aromatic nitrogens is 3. The average molecular weight is 362 g/mol. The summed E-state index contributed by atoms with van der Waals surface area (Å²) in [6.07, 6.45) is 0.529. The SMILES string of the molecule is CCC(Sc1nc(O)cc(=O)[nH]1)C(=O)Nc1nc2ccccc2s1. The molecule has 0 bridgehead atoms. The van der Waals surface area contributed by atoms with E-state index in [1.165, 1.54) is 11.3 Å². The van der Waals surface area contributed by atoms with Gasteiger partial charge in [-0.2, -0.15) is 4.98 Å². The van der Waals surface area contributed by atoms with E-state index in [0.717, 1.165) is 28.0 Å². The number of thiazole rings is 1. The third kappa shape index (κ3) is 3.74. The molecule has 0 spiro atoms. The van der Waals surface area contributed by atoms with Crippen molar-refractivity contribution >= 4 is 44.4 Å². The first-order chi connectivity index (χ1) is 11.5. The summed E-state index contributed by atoms with van der Waals surface area (Å²) in [5, 5.41) is 12.4. The Labute approximate surface area is 145 Å². The maximum absolute atomic E-state index is 12.4. The van der Waals surface area contributed by atoms with E-state index in [1.807, 2.05) is 31.2 Å². The van der Waals surface area contributed by atoms with Gasteiger partial charge in [-0.25, -0.2) is 4.98 Å². The van der Waals surface area contributed by atoms with Crippen LogP contribution in [0.25, 0.3) is 10.2 Å². The van der Waals surface area contributed by atoms with E-state index in [4.69, 9.17) is 0 Å². The minimum atomic E-state index is -0.470. The Morgan fingerprint density at radius 3 is 2.92 bits per heavy atom. The van der Waals surface area contributed by atoms with E-state index in [-0.39, 0.29) is 16.9 Å². The van der Waals surface area contributed by atoms with Crippen LogP contribution in [0.5, 0.6) is 5.88 Å². The summed E-state index contributed by atoms with van der Waals surface area (Å²) in [7, 11) is 0. The molecule has 24 heavy (non-hydrogen) atoms. The van der Waals surface area contributed by atoms with E-state index in [0.29, 0.717) is 11.6 Å². The Balaban J connectivity index is 1.74. The number of para-hydroxylation sites is 1. The zero-order chi connectivity index (χ0) is 17.1. The Morgan fingerprint density at radius 2 is 2.21 bits per heavy atom. The third-order valence-electron chi connectivity index (χ3n) is 3.15. The largest absolute Gasteiger partial charge is 0.493 e. The normalized spacial score (nSPS) is 12.2. The van der Waals surface area contributed by atoms with Gasteiger partial charge in [-0.15, -0.1) is 0 Å². The number of aromatic hydroxyl groups is 1.